The number of hydrogen-bond acceptors (Lipinski definition) is 8. The molecule has 224 valence electrons. The lowest BCUT2D eigenvalue weighted by atomic mass is 9.91. The van der Waals surface area contributed by atoms with E-state index in [-0.39, 0.29) is 37.2 Å². The first-order valence-electron chi connectivity index (χ1n) is 14.1. The van der Waals surface area contributed by atoms with Gasteiger partial charge >= 0.3 is 5.97 Å². The third kappa shape index (κ3) is 8.20. The third-order valence-corrected chi connectivity index (χ3v) is 8.35. The van der Waals surface area contributed by atoms with E-state index in [1.54, 1.807) is 18.7 Å². The molecule has 3 aromatic carbocycles. The average molecular weight is 594 g/mol. The van der Waals surface area contributed by atoms with Crippen LogP contribution >= 0.6 is 11.8 Å². The zero-order valence-corrected chi connectivity index (χ0v) is 25.0. The number of thioether (sulfide) groups is 1. The molecule has 1 fully saturated rings. The van der Waals surface area contributed by atoms with Crippen LogP contribution in [0, 0.1) is 5.92 Å². The number of carbonyl (C=O) groups is 2. The summed E-state index contributed by atoms with van der Waals surface area (Å²) in [6.07, 6.45) is -1.72. The van der Waals surface area contributed by atoms with Crippen molar-refractivity contribution in [1.29, 1.82) is 0 Å². The fourth-order valence-electron chi connectivity index (χ4n) is 4.98. The average Bonchev–Trinajstić information content (AvgIpc) is 3.00. The molecule has 0 unspecified atom stereocenters. The molecule has 0 aliphatic carbocycles. The Balaban J connectivity index is 1.52. The van der Waals surface area contributed by atoms with Crippen molar-refractivity contribution < 1.29 is 34.0 Å². The van der Waals surface area contributed by atoms with E-state index in [0.29, 0.717) is 12.3 Å². The van der Waals surface area contributed by atoms with Crippen molar-refractivity contribution in [3.05, 3.63) is 95.1 Å². The van der Waals surface area contributed by atoms with Gasteiger partial charge < -0.3 is 29.7 Å². The van der Waals surface area contributed by atoms with Crippen LogP contribution in [0.15, 0.2) is 72.8 Å². The lowest BCUT2D eigenvalue weighted by Gasteiger charge is -2.41. The Bertz CT molecular complexity index is 1310. The fourth-order valence-corrected chi connectivity index (χ4v) is 5.89. The number of aliphatic hydroxyl groups excluding tert-OH is 2. The largest absolute Gasteiger partial charge is 0.453 e. The quantitative estimate of drug-likeness (QED) is 0.200. The molecule has 1 aliphatic rings. The summed E-state index contributed by atoms with van der Waals surface area (Å²) < 4.78 is 18.0. The number of nitrogens with one attached hydrogen (secondary N) is 1. The van der Waals surface area contributed by atoms with Gasteiger partial charge in [0.05, 0.1) is 25.4 Å². The zero-order valence-electron chi connectivity index (χ0n) is 24.2. The highest BCUT2D eigenvalue weighted by atomic mass is 32.2. The maximum atomic E-state index is 12.4. The predicted molar refractivity (Wildman–Crippen MR) is 162 cm³/mol. The van der Waals surface area contributed by atoms with Gasteiger partial charge in [-0.05, 0) is 34.7 Å². The van der Waals surface area contributed by atoms with Gasteiger partial charge in [-0.1, -0.05) is 79.7 Å². The number of carbonyl (C=O) groups excluding carboxylic acids is 2. The van der Waals surface area contributed by atoms with Crippen LogP contribution < -0.4 is 5.32 Å². The SMILES string of the molecule is CC(=O)O[C@@H](C)C(=O)NCc1ccccc1-c1ccc([C@H]2O[C@@H](CSCCO)[C@@H](C)[C@@H](c3ccc(CO)cc3)O2)cc1. The zero-order chi connectivity index (χ0) is 30.1. The maximum absolute atomic E-state index is 12.4. The molecule has 0 aromatic heterocycles. The summed E-state index contributed by atoms with van der Waals surface area (Å²) in [6, 6.07) is 23.7. The second-order valence-corrected chi connectivity index (χ2v) is 11.5. The lowest BCUT2D eigenvalue weighted by Crippen LogP contribution is -2.38. The minimum Gasteiger partial charge on any atom is -0.453 e. The number of ether oxygens (including phenoxy) is 3. The Morgan fingerprint density at radius 2 is 1.67 bits per heavy atom. The Labute approximate surface area is 251 Å². The van der Waals surface area contributed by atoms with E-state index in [9.17, 15) is 19.8 Å². The van der Waals surface area contributed by atoms with Gasteiger partial charge in [0.15, 0.2) is 12.4 Å². The first kappa shape index (κ1) is 31.7. The van der Waals surface area contributed by atoms with Gasteiger partial charge in [0.25, 0.3) is 5.91 Å². The van der Waals surface area contributed by atoms with Gasteiger partial charge in [-0.15, -0.1) is 0 Å². The molecular weight excluding hydrogens is 554 g/mol. The van der Waals surface area contributed by atoms with E-state index in [2.05, 4.69) is 12.2 Å². The molecule has 3 aromatic rings. The third-order valence-electron chi connectivity index (χ3n) is 7.32. The molecule has 3 N–H and O–H groups in total. The molecule has 0 saturated carbocycles. The lowest BCUT2D eigenvalue weighted by molar-refractivity contribution is -0.268. The molecular formula is C33H39NO7S. The van der Waals surface area contributed by atoms with Crippen LogP contribution in [0.25, 0.3) is 11.1 Å². The molecule has 1 saturated heterocycles. The van der Waals surface area contributed by atoms with E-state index in [0.717, 1.165) is 39.1 Å². The van der Waals surface area contributed by atoms with Crippen LogP contribution in [-0.4, -0.2) is 52.4 Å². The van der Waals surface area contributed by atoms with Crippen molar-refractivity contribution in [2.75, 3.05) is 18.1 Å². The van der Waals surface area contributed by atoms with Gasteiger partial charge in [-0.25, -0.2) is 0 Å². The van der Waals surface area contributed by atoms with Crippen molar-refractivity contribution in [2.24, 2.45) is 5.92 Å². The molecule has 1 heterocycles. The number of amides is 1. The molecule has 4 rings (SSSR count). The predicted octanol–water partition coefficient (Wildman–Crippen LogP) is 4.93. The van der Waals surface area contributed by atoms with Gasteiger partial charge in [0, 0.05) is 36.5 Å². The number of benzene rings is 3. The van der Waals surface area contributed by atoms with E-state index >= 15 is 0 Å². The van der Waals surface area contributed by atoms with E-state index < -0.39 is 18.4 Å². The van der Waals surface area contributed by atoms with Crippen molar-refractivity contribution in [1.82, 2.24) is 5.32 Å². The Hall–Kier alpha value is -3.21. The van der Waals surface area contributed by atoms with E-state index in [1.165, 1.54) is 6.92 Å². The molecule has 8 nitrogen and oxygen atoms in total. The summed E-state index contributed by atoms with van der Waals surface area (Å²) in [5.41, 5.74) is 5.65. The summed E-state index contributed by atoms with van der Waals surface area (Å²) in [6.45, 7) is 5.34. The Kier molecular flexibility index (Phi) is 11.6. The van der Waals surface area contributed by atoms with Crippen LogP contribution in [0.5, 0.6) is 0 Å². The van der Waals surface area contributed by atoms with Gasteiger partial charge in [-0.3, -0.25) is 9.59 Å². The monoisotopic (exact) mass is 593 g/mol. The molecule has 1 aliphatic heterocycles. The second kappa shape index (κ2) is 15.3. The highest BCUT2D eigenvalue weighted by Crippen LogP contribution is 2.42. The van der Waals surface area contributed by atoms with Crippen molar-refractivity contribution in [3.63, 3.8) is 0 Å². The molecule has 1 amide bonds. The Morgan fingerprint density at radius 3 is 2.33 bits per heavy atom. The summed E-state index contributed by atoms with van der Waals surface area (Å²) in [5.74, 6) is 0.603. The highest BCUT2D eigenvalue weighted by Gasteiger charge is 2.38. The summed E-state index contributed by atoms with van der Waals surface area (Å²) >= 11 is 1.66. The van der Waals surface area contributed by atoms with Crippen molar-refractivity contribution >= 4 is 23.6 Å². The molecule has 0 spiro atoms. The molecule has 0 bridgehead atoms. The molecule has 5 atom stereocenters. The molecule has 9 heteroatoms. The topological polar surface area (TPSA) is 114 Å². The number of aliphatic hydroxyl groups is 2. The maximum Gasteiger partial charge on any atom is 0.303 e. The van der Waals surface area contributed by atoms with Crippen LogP contribution in [0.4, 0.5) is 0 Å². The first-order valence-corrected chi connectivity index (χ1v) is 15.3. The van der Waals surface area contributed by atoms with Gasteiger partial charge in [0.2, 0.25) is 0 Å². The summed E-state index contributed by atoms with van der Waals surface area (Å²) in [5, 5.41) is 21.6. The number of rotatable bonds is 12. The van der Waals surface area contributed by atoms with Crippen LogP contribution in [0.3, 0.4) is 0 Å². The Morgan fingerprint density at radius 1 is 0.976 bits per heavy atom. The van der Waals surface area contributed by atoms with Gasteiger partial charge in [0.1, 0.15) is 0 Å². The normalized spacial score (nSPS) is 21.0. The number of esters is 1. The second-order valence-electron chi connectivity index (χ2n) is 10.4. The number of hydrogen-bond donors (Lipinski definition) is 3. The van der Waals surface area contributed by atoms with Crippen molar-refractivity contribution in [3.8, 4) is 11.1 Å². The van der Waals surface area contributed by atoms with Crippen molar-refractivity contribution in [2.45, 2.75) is 58.5 Å². The molecule has 0 radical (unpaired) electrons. The highest BCUT2D eigenvalue weighted by molar-refractivity contribution is 7.99. The van der Waals surface area contributed by atoms with Crippen LogP contribution in [0.2, 0.25) is 0 Å². The fraction of sp³-hybridized carbons (Fsp3) is 0.394. The minimum absolute atomic E-state index is 0.0111. The van der Waals surface area contributed by atoms with Crippen LogP contribution in [0.1, 0.15) is 55.4 Å². The smallest absolute Gasteiger partial charge is 0.303 e. The standard InChI is InChI=1S/C33H39NO7S/c1-21-30(20-42-17-16-35)40-33(41-31(21)26-10-8-24(19-36)9-11-26)27-14-12-25(13-15-27)29-7-5-4-6-28(29)18-34-32(38)22(2)39-23(3)37/h4-15,21-22,30-31,33,35-36H,16-20H2,1-3H3,(H,34,38)/t21-,22+,30+,31+,33+/m1/s1. The summed E-state index contributed by atoms with van der Waals surface area (Å²) in [7, 11) is 0. The summed E-state index contributed by atoms with van der Waals surface area (Å²) in [4.78, 5) is 23.6. The first-order chi connectivity index (χ1) is 20.3. The van der Waals surface area contributed by atoms with E-state index in [1.807, 2.05) is 72.8 Å². The minimum atomic E-state index is -0.866. The van der Waals surface area contributed by atoms with Crippen LogP contribution in [-0.2, 0) is 37.0 Å². The van der Waals surface area contributed by atoms with Gasteiger partial charge in [-0.2, -0.15) is 11.8 Å². The van der Waals surface area contributed by atoms with E-state index in [4.69, 9.17) is 14.2 Å². The molecule has 42 heavy (non-hydrogen) atoms.